The third kappa shape index (κ3) is 3.70. The maximum absolute atomic E-state index is 13.3. The number of amides is 2. The van der Waals surface area contributed by atoms with Crippen LogP contribution in [0.25, 0.3) is 0 Å². The average Bonchev–Trinajstić information content (AvgIpc) is 2.69. The number of carbonyl (C=O) groups is 2. The van der Waals surface area contributed by atoms with Crippen LogP contribution in [0, 0.1) is 5.92 Å². The van der Waals surface area contributed by atoms with Crippen molar-refractivity contribution < 1.29 is 14.3 Å². The van der Waals surface area contributed by atoms with Crippen LogP contribution in [0.1, 0.15) is 37.3 Å². The first kappa shape index (κ1) is 18.7. The van der Waals surface area contributed by atoms with E-state index in [1.165, 1.54) is 0 Å². The van der Waals surface area contributed by atoms with Gasteiger partial charge in [0.1, 0.15) is 5.75 Å². The highest BCUT2D eigenvalue weighted by Gasteiger charge is 2.41. The predicted molar refractivity (Wildman–Crippen MR) is 99.9 cm³/mol. The summed E-state index contributed by atoms with van der Waals surface area (Å²) in [6.45, 7) is 1.55. The number of rotatable bonds is 4. The number of piperidine rings is 2. The van der Waals surface area contributed by atoms with E-state index in [2.05, 4.69) is 5.32 Å². The van der Waals surface area contributed by atoms with Crippen molar-refractivity contribution in [3.05, 3.63) is 29.8 Å². The van der Waals surface area contributed by atoms with Crippen molar-refractivity contribution in [3.8, 4) is 5.75 Å². The lowest BCUT2D eigenvalue weighted by atomic mass is 9.83. The van der Waals surface area contributed by atoms with Crippen LogP contribution in [-0.4, -0.2) is 62.0 Å². The average molecular weight is 359 g/mol. The molecule has 3 atom stereocenters. The molecule has 0 aromatic heterocycles. The fraction of sp³-hybridized carbons (Fsp3) is 0.600. The first-order valence-corrected chi connectivity index (χ1v) is 9.40. The van der Waals surface area contributed by atoms with Crippen LogP contribution in [-0.2, 0) is 9.59 Å². The normalized spacial score (nSPS) is 26.7. The number of hydrogen-bond acceptors (Lipinski definition) is 4. The summed E-state index contributed by atoms with van der Waals surface area (Å²) in [7, 11) is 5.39. The molecule has 142 valence electrons. The fourth-order valence-corrected chi connectivity index (χ4v) is 4.20. The van der Waals surface area contributed by atoms with Crippen molar-refractivity contribution in [1.29, 1.82) is 0 Å². The van der Waals surface area contributed by atoms with Gasteiger partial charge in [0.05, 0.1) is 19.1 Å². The number of nitrogens with zero attached hydrogens (tertiary/aromatic N) is 2. The number of likely N-dealkylation sites (tertiary alicyclic amines) is 2. The zero-order valence-corrected chi connectivity index (χ0v) is 15.9. The fourth-order valence-electron chi connectivity index (χ4n) is 4.20. The summed E-state index contributed by atoms with van der Waals surface area (Å²) in [6.07, 6.45) is 3.17. The predicted octanol–water partition coefficient (Wildman–Crippen LogP) is 1.82. The Morgan fingerprint density at radius 2 is 1.96 bits per heavy atom. The van der Waals surface area contributed by atoms with Crippen LogP contribution in [0.15, 0.2) is 24.3 Å². The molecule has 2 aliphatic heterocycles. The molecule has 1 aromatic carbocycles. The molecule has 2 amide bonds. The molecule has 2 heterocycles. The molecule has 0 saturated carbocycles. The third-order valence-electron chi connectivity index (χ3n) is 5.78. The minimum absolute atomic E-state index is 0.0987. The third-order valence-corrected chi connectivity index (χ3v) is 5.78. The maximum Gasteiger partial charge on any atom is 0.228 e. The van der Waals surface area contributed by atoms with E-state index in [1.807, 2.05) is 43.3 Å². The van der Waals surface area contributed by atoms with Gasteiger partial charge < -0.3 is 19.9 Å². The number of benzene rings is 1. The number of methoxy groups -OCH3 is 1. The molecule has 6 nitrogen and oxygen atoms in total. The van der Waals surface area contributed by atoms with E-state index >= 15 is 0 Å². The van der Waals surface area contributed by atoms with E-state index < -0.39 is 0 Å². The van der Waals surface area contributed by atoms with E-state index in [4.69, 9.17) is 4.74 Å². The summed E-state index contributed by atoms with van der Waals surface area (Å²) in [5, 5.41) is 3.29. The summed E-state index contributed by atoms with van der Waals surface area (Å²) < 4.78 is 5.24. The van der Waals surface area contributed by atoms with Crippen LogP contribution in [0.5, 0.6) is 5.75 Å². The summed E-state index contributed by atoms with van der Waals surface area (Å²) in [6, 6.07) is 7.85. The van der Waals surface area contributed by atoms with Crippen molar-refractivity contribution >= 4 is 11.8 Å². The van der Waals surface area contributed by atoms with E-state index in [0.717, 1.165) is 37.2 Å². The SMILES string of the molecule is CNC1CCCN(C(=O)C2CCC(=O)N(C)C2c2ccc(OC)cc2)C1. The number of nitrogens with one attached hydrogen (secondary N) is 1. The second kappa shape index (κ2) is 8.08. The first-order chi connectivity index (χ1) is 12.5. The van der Waals surface area contributed by atoms with E-state index in [0.29, 0.717) is 18.9 Å². The van der Waals surface area contributed by atoms with Crippen LogP contribution in [0.2, 0.25) is 0 Å². The van der Waals surface area contributed by atoms with Gasteiger partial charge in [-0.25, -0.2) is 0 Å². The number of likely N-dealkylation sites (N-methyl/N-ethyl adjacent to an activating group) is 1. The molecule has 0 spiro atoms. The first-order valence-electron chi connectivity index (χ1n) is 9.40. The van der Waals surface area contributed by atoms with Crippen LogP contribution in [0.4, 0.5) is 0 Å². The van der Waals surface area contributed by atoms with Gasteiger partial charge in [-0.15, -0.1) is 0 Å². The standard InChI is InChI=1S/C20H29N3O3/c1-21-15-5-4-12-23(13-15)20(25)17-10-11-18(24)22(2)19(17)14-6-8-16(26-3)9-7-14/h6-9,15,17,19,21H,4-5,10-13H2,1-3H3. The summed E-state index contributed by atoms with van der Waals surface area (Å²) in [4.78, 5) is 29.3. The highest BCUT2D eigenvalue weighted by atomic mass is 16.5. The molecule has 1 N–H and O–H groups in total. The molecule has 3 unspecified atom stereocenters. The molecule has 1 aromatic rings. The zero-order chi connectivity index (χ0) is 18.7. The molecular weight excluding hydrogens is 330 g/mol. The van der Waals surface area contributed by atoms with Gasteiger partial charge in [-0.2, -0.15) is 0 Å². The van der Waals surface area contributed by atoms with Crippen molar-refractivity contribution in [2.45, 2.75) is 37.8 Å². The second-order valence-corrected chi connectivity index (χ2v) is 7.28. The van der Waals surface area contributed by atoms with Crippen molar-refractivity contribution in [2.24, 2.45) is 5.92 Å². The van der Waals surface area contributed by atoms with Crippen molar-refractivity contribution in [3.63, 3.8) is 0 Å². The highest BCUT2D eigenvalue weighted by Crippen LogP contribution is 2.37. The number of ether oxygens (including phenoxy) is 1. The van der Waals surface area contributed by atoms with E-state index in [9.17, 15) is 9.59 Å². The largest absolute Gasteiger partial charge is 0.497 e. The molecule has 0 radical (unpaired) electrons. The quantitative estimate of drug-likeness (QED) is 0.891. The Kier molecular flexibility index (Phi) is 5.81. The second-order valence-electron chi connectivity index (χ2n) is 7.28. The number of hydrogen-bond donors (Lipinski definition) is 1. The van der Waals surface area contributed by atoms with Gasteiger partial charge in [0, 0.05) is 32.6 Å². The monoisotopic (exact) mass is 359 g/mol. The molecular formula is C20H29N3O3. The lowest BCUT2D eigenvalue weighted by Gasteiger charge is -2.42. The minimum atomic E-state index is -0.218. The number of carbonyl (C=O) groups excluding carboxylic acids is 2. The van der Waals surface area contributed by atoms with Gasteiger partial charge in [-0.1, -0.05) is 12.1 Å². The Labute approximate surface area is 155 Å². The maximum atomic E-state index is 13.3. The highest BCUT2D eigenvalue weighted by molar-refractivity contribution is 5.85. The van der Waals surface area contributed by atoms with Crippen molar-refractivity contribution in [1.82, 2.24) is 15.1 Å². The molecule has 26 heavy (non-hydrogen) atoms. The zero-order valence-electron chi connectivity index (χ0n) is 15.9. The molecule has 6 heteroatoms. The van der Waals surface area contributed by atoms with E-state index in [1.54, 1.807) is 12.0 Å². The molecule has 0 aliphatic carbocycles. The van der Waals surface area contributed by atoms with Gasteiger partial charge in [-0.05, 0) is 44.0 Å². The smallest absolute Gasteiger partial charge is 0.228 e. The molecule has 2 saturated heterocycles. The topological polar surface area (TPSA) is 61.9 Å². The Bertz CT molecular complexity index is 646. The van der Waals surface area contributed by atoms with Gasteiger partial charge in [0.25, 0.3) is 0 Å². The molecule has 2 aliphatic rings. The summed E-state index contributed by atoms with van der Waals surface area (Å²) in [5.41, 5.74) is 0.988. The molecule has 0 bridgehead atoms. The molecule has 3 rings (SSSR count). The lowest BCUT2D eigenvalue weighted by Crippen LogP contribution is -2.52. The minimum Gasteiger partial charge on any atom is -0.497 e. The van der Waals surface area contributed by atoms with Crippen molar-refractivity contribution in [2.75, 3.05) is 34.3 Å². The van der Waals surface area contributed by atoms with Gasteiger partial charge in [-0.3, -0.25) is 9.59 Å². The summed E-state index contributed by atoms with van der Waals surface area (Å²) in [5.74, 6) is 0.850. The van der Waals surface area contributed by atoms with Gasteiger partial charge >= 0.3 is 0 Å². The Hall–Kier alpha value is -2.08. The van der Waals surface area contributed by atoms with Crippen LogP contribution in [0.3, 0.4) is 0 Å². The van der Waals surface area contributed by atoms with Crippen LogP contribution >= 0.6 is 0 Å². The Balaban J connectivity index is 1.84. The van der Waals surface area contributed by atoms with Gasteiger partial charge in [0.15, 0.2) is 0 Å². The molecule has 2 fully saturated rings. The lowest BCUT2D eigenvalue weighted by molar-refractivity contribution is -0.147. The van der Waals surface area contributed by atoms with Crippen LogP contribution < -0.4 is 10.1 Å². The van der Waals surface area contributed by atoms with Gasteiger partial charge in [0.2, 0.25) is 11.8 Å². The summed E-state index contributed by atoms with van der Waals surface area (Å²) >= 11 is 0. The van der Waals surface area contributed by atoms with E-state index in [-0.39, 0.29) is 23.8 Å². The Morgan fingerprint density at radius 1 is 1.23 bits per heavy atom. The Morgan fingerprint density at radius 3 is 2.62 bits per heavy atom.